The standard InChI is InChI=1S/C44H60N4O11/c1-22-13-12-14-23(2)43(55)46-35-30(21-45-48-18-16-47(10)17-19-48)24(3)32-33(39(35)53)38(52)28(7)41-34(32)42(54)44(9,59-41)57-20-15-31(56-11)25(4)40(58-29(8)49)27(6)37(51)26(5)36(22)50/h12-15,20-22,25-27,31,36-37,40,50-53H,16-19H2,1-11H3,(H,46,55)/t22-,25+,26+,27+,31-,36-,37+,40+,44-/m0/s1. The highest BCUT2D eigenvalue weighted by Crippen LogP contribution is 2.53. The average Bonchev–Trinajstić information content (AvgIpc) is 3.46. The summed E-state index contributed by atoms with van der Waals surface area (Å²) in [4.78, 5) is 42.9. The van der Waals surface area contributed by atoms with Crippen molar-refractivity contribution in [3.63, 3.8) is 0 Å². The summed E-state index contributed by atoms with van der Waals surface area (Å²) in [5.41, 5.74) is 1.22. The summed E-state index contributed by atoms with van der Waals surface area (Å²) in [5.74, 6) is -6.78. The van der Waals surface area contributed by atoms with Gasteiger partial charge in [0.15, 0.2) is 5.75 Å². The van der Waals surface area contributed by atoms with Crippen molar-refractivity contribution in [3.8, 4) is 17.2 Å². The Morgan fingerprint density at radius 2 is 1.61 bits per heavy atom. The Bertz CT molecular complexity index is 2070. The van der Waals surface area contributed by atoms with Gasteiger partial charge in [0.25, 0.3) is 11.7 Å². The Morgan fingerprint density at radius 3 is 2.24 bits per heavy atom. The molecule has 59 heavy (non-hydrogen) atoms. The first-order chi connectivity index (χ1) is 27.7. The van der Waals surface area contributed by atoms with Crippen LogP contribution in [-0.4, -0.2) is 125 Å². The number of phenolic OH excluding ortho intramolecular Hbond substituents is 2. The molecule has 1 amide bonds. The molecule has 5 bridgehead atoms. The number of anilines is 1. The van der Waals surface area contributed by atoms with E-state index in [-0.39, 0.29) is 44.7 Å². The van der Waals surface area contributed by atoms with Gasteiger partial charge in [0.2, 0.25) is 0 Å². The van der Waals surface area contributed by atoms with Crippen LogP contribution in [0.5, 0.6) is 17.2 Å². The normalized spacial score (nSPS) is 30.1. The van der Waals surface area contributed by atoms with Crippen molar-refractivity contribution in [1.29, 1.82) is 0 Å². The van der Waals surface area contributed by atoms with Crippen LogP contribution in [0.15, 0.2) is 41.2 Å². The van der Waals surface area contributed by atoms with Crippen LogP contribution in [0.2, 0.25) is 0 Å². The average molecular weight is 821 g/mol. The number of methoxy groups -OCH3 is 1. The molecule has 4 heterocycles. The number of aliphatic hydroxyl groups is 2. The third-order valence-electron chi connectivity index (χ3n) is 12.2. The smallest absolute Gasteiger partial charge is 0.312 e. The molecule has 0 spiro atoms. The number of fused-ring (bicyclic) bond motifs is 14. The first-order valence-electron chi connectivity index (χ1n) is 20.1. The predicted molar refractivity (Wildman–Crippen MR) is 224 cm³/mol. The van der Waals surface area contributed by atoms with Crippen molar-refractivity contribution in [2.45, 2.75) is 92.5 Å². The van der Waals surface area contributed by atoms with Crippen molar-refractivity contribution < 1.29 is 53.8 Å². The number of allylic oxidation sites excluding steroid dienone is 2. The van der Waals surface area contributed by atoms with Gasteiger partial charge >= 0.3 is 11.8 Å². The molecular formula is C44H60N4O11. The Morgan fingerprint density at radius 1 is 0.949 bits per heavy atom. The molecule has 0 saturated carbocycles. The number of phenols is 2. The highest BCUT2D eigenvalue weighted by atomic mass is 16.7. The fourth-order valence-electron chi connectivity index (χ4n) is 8.17. The zero-order valence-electron chi connectivity index (χ0n) is 35.9. The summed E-state index contributed by atoms with van der Waals surface area (Å²) in [6, 6.07) is 0. The maximum Gasteiger partial charge on any atom is 0.312 e. The van der Waals surface area contributed by atoms with Gasteiger partial charge in [-0.05, 0) is 39.5 Å². The zero-order valence-corrected chi connectivity index (χ0v) is 35.9. The lowest BCUT2D eigenvalue weighted by Gasteiger charge is -2.38. The van der Waals surface area contributed by atoms with E-state index in [1.807, 2.05) is 12.1 Å². The highest BCUT2D eigenvalue weighted by Gasteiger charge is 2.49. The van der Waals surface area contributed by atoms with E-state index in [4.69, 9.17) is 24.0 Å². The summed E-state index contributed by atoms with van der Waals surface area (Å²) in [7, 11) is 3.49. The quantitative estimate of drug-likeness (QED) is 0.158. The van der Waals surface area contributed by atoms with Crippen molar-refractivity contribution in [3.05, 3.63) is 58.4 Å². The number of hydrazone groups is 1. The van der Waals surface area contributed by atoms with Gasteiger partial charge in [-0.2, -0.15) is 5.10 Å². The zero-order chi connectivity index (χ0) is 43.7. The summed E-state index contributed by atoms with van der Waals surface area (Å²) in [5, 5.41) is 56.2. The number of nitrogens with one attached hydrogen (secondary N) is 1. The van der Waals surface area contributed by atoms with Gasteiger partial charge in [0, 0.05) is 92.9 Å². The number of carbonyl (C=O) groups is 3. The number of likely N-dealkylation sites (N-methyl/N-ethyl adjacent to an activating group) is 1. The number of nitrogens with zero attached hydrogens (tertiary/aromatic N) is 3. The molecule has 6 rings (SSSR count). The van der Waals surface area contributed by atoms with E-state index >= 15 is 0 Å². The second-order valence-corrected chi connectivity index (χ2v) is 16.4. The van der Waals surface area contributed by atoms with E-state index in [9.17, 15) is 34.8 Å². The molecule has 15 heteroatoms. The van der Waals surface area contributed by atoms with Gasteiger partial charge in [-0.1, -0.05) is 45.9 Å². The van der Waals surface area contributed by atoms with Crippen LogP contribution in [0.1, 0.15) is 75.5 Å². The predicted octanol–water partition coefficient (Wildman–Crippen LogP) is 4.94. The number of amides is 1. The van der Waals surface area contributed by atoms with Gasteiger partial charge in [0.05, 0.1) is 47.4 Å². The first-order valence-corrected chi connectivity index (χ1v) is 20.1. The summed E-state index contributed by atoms with van der Waals surface area (Å²) < 4.78 is 23.8. The SMILES string of the molecule is CO[C@H]1C=CO[C@@]2(C)Oc3c(C)c(O)c4c(O)c(c(C=NN5CCN(C)CC5)c(C)c4c3C2=O)NC(=O)C(C)=CC=C[C@H](C)[C@H](O)[C@@H](C)[C@@H](O)[C@@H](C)[C@H](OC(C)=O)[C@@H]1C. The molecular weight excluding hydrogens is 761 g/mol. The number of aromatic hydroxyl groups is 2. The number of benzene rings is 2. The molecule has 2 aromatic carbocycles. The first kappa shape index (κ1) is 45.1. The van der Waals surface area contributed by atoms with E-state index in [1.165, 1.54) is 33.4 Å². The number of ketones is 1. The van der Waals surface area contributed by atoms with Crippen LogP contribution in [0.25, 0.3) is 10.8 Å². The van der Waals surface area contributed by atoms with E-state index < -0.39 is 77.3 Å². The third kappa shape index (κ3) is 8.98. The topological polar surface area (TPSA) is 200 Å². The third-order valence-corrected chi connectivity index (χ3v) is 12.2. The van der Waals surface area contributed by atoms with E-state index in [2.05, 4.69) is 10.2 Å². The minimum absolute atomic E-state index is 0.0143. The molecule has 322 valence electrons. The second kappa shape index (κ2) is 18.1. The molecule has 0 aliphatic carbocycles. The molecule has 2 aromatic rings. The summed E-state index contributed by atoms with van der Waals surface area (Å²) in [6.45, 7) is 17.4. The van der Waals surface area contributed by atoms with Crippen molar-refractivity contribution in [2.75, 3.05) is 45.7 Å². The van der Waals surface area contributed by atoms with Crippen molar-refractivity contribution in [1.82, 2.24) is 9.91 Å². The number of Topliss-reactive ketones (excluding diaryl/α,β-unsaturated/α-hetero) is 1. The number of carbonyl (C=O) groups excluding carboxylic acids is 3. The van der Waals surface area contributed by atoms with Crippen LogP contribution in [-0.2, 0) is 23.8 Å². The molecule has 1 fully saturated rings. The number of rotatable bonds is 4. The molecule has 0 aromatic heterocycles. The fraction of sp³-hybridized carbons (Fsp3) is 0.545. The van der Waals surface area contributed by atoms with Crippen LogP contribution in [0, 0.1) is 37.5 Å². The van der Waals surface area contributed by atoms with Crippen LogP contribution in [0.3, 0.4) is 0 Å². The van der Waals surface area contributed by atoms with Gasteiger partial charge in [-0.3, -0.25) is 19.4 Å². The maximum atomic E-state index is 14.5. The number of hydrogen-bond acceptors (Lipinski definition) is 14. The number of hydrogen-bond donors (Lipinski definition) is 5. The Hall–Kier alpha value is -4.96. The van der Waals surface area contributed by atoms with Crippen LogP contribution < -0.4 is 10.1 Å². The number of aliphatic hydroxyl groups excluding tert-OH is 2. The fourth-order valence-corrected chi connectivity index (χ4v) is 8.17. The number of piperazine rings is 1. The van der Waals surface area contributed by atoms with E-state index in [1.54, 1.807) is 72.8 Å². The molecule has 9 atom stereocenters. The molecule has 15 nitrogen and oxygen atoms in total. The monoisotopic (exact) mass is 820 g/mol. The minimum Gasteiger partial charge on any atom is -0.507 e. The molecule has 5 N–H and O–H groups in total. The number of ether oxygens (including phenoxy) is 4. The lowest BCUT2D eigenvalue weighted by Crippen LogP contribution is -2.46. The molecule has 4 aliphatic rings. The number of esters is 1. The van der Waals surface area contributed by atoms with E-state index in [0.29, 0.717) is 24.2 Å². The van der Waals surface area contributed by atoms with Crippen molar-refractivity contribution >= 4 is 40.3 Å². The van der Waals surface area contributed by atoms with E-state index in [0.717, 1.165) is 13.1 Å². The lowest BCUT2D eigenvalue weighted by atomic mass is 9.78. The number of aryl methyl sites for hydroxylation is 1. The summed E-state index contributed by atoms with van der Waals surface area (Å²) in [6.07, 6.45) is 5.49. The minimum atomic E-state index is -1.93. The molecule has 0 radical (unpaired) electrons. The lowest BCUT2D eigenvalue weighted by molar-refractivity contribution is -0.160. The van der Waals surface area contributed by atoms with Gasteiger partial charge in [-0.15, -0.1) is 0 Å². The van der Waals surface area contributed by atoms with Gasteiger partial charge < -0.3 is 49.6 Å². The molecule has 1 saturated heterocycles. The second-order valence-electron chi connectivity index (χ2n) is 16.4. The van der Waals surface area contributed by atoms with Crippen LogP contribution in [0.4, 0.5) is 5.69 Å². The summed E-state index contributed by atoms with van der Waals surface area (Å²) >= 11 is 0. The van der Waals surface area contributed by atoms with Crippen molar-refractivity contribution in [2.24, 2.45) is 28.8 Å². The Kier molecular flexibility index (Phi) is 13.9. The highest BCUT2D eigenvalue weighted by molar-refractivity contribution is 6.22. The van der Waals surface area contributed by atoms with Crippen LogP contribution >= 0.6 is 0 Å². The van der Waals surface area contributed by atoms with Gasteiger partial charge in [0.1, 0.15) is 17.6 Å². The van der Waals surface area contributed by atoms with Gasteiger partial charge in [-0.25, -0.2) is 0 Å². The Labute approximate surface area is 345 Å². The Balaban J connectivity index is 1.70. The largest absolute Gasteiger partial charge is 0.507 e. The maximum absolute atomic E-state index is 14.5. The molecule has 4 aliphatic heterocycles. The molecule has 0 unspecified atom stereocenters.